The lowest BCUT2D eigenvalue weighted by molar-refractivity contribution is 0.591. The maximum Gasteiger partial charge on any atom is 0.239 e. The summed E-state index contributed by atoms with van der Waals surface area (Å²) in [5, 5.41) is 0. The Labute approximate surface area is 125 Å². The number of para-hydroxylation sites is 1. The van der Waals surface area contributed by atoms with Crippen molar-refractivity contribution in [3.05, 3.63) is 65.2 Å². The van der Waals surface area contributed by atoms with E-state index in [2.05, 4.69) is 0 Å². The van der Waals surface area contributed by atoms with Crippen LogP contribution in [-0.2, 0) is 28.7 Å². The van der Waals surface area contributed by atoms with Gasteiger partial charge in [-0.25, -0.2) is 8.42 Å². The zero-order valence-electron chi connectivity index (χ0n) is 11.7. The van der Waals surface area contributed by atoms with Gasteiger partial charge in [-0.2, -0.15) is 0 Å². The van der Waals surface area contributed by atoms with Crippen molar-refractivity contribution in [3.8, 4) is 0 Å². The van der Waals surface area contributed by atoms with Gasteiger partial charge in [-0.1, -0.05) is 42.5 Å². The topological polar surface area (TPSA) is 63.4 Å². The molecule has 0 unspecified atom stereocenters. The molecule has 1 heterocycles. The molecular weight excluding hydrogens is 284 g/mol. The van der Waals surface area contributed by atoms with Crippen molar-refractivity contribution < 1.29 is 8.42 Å². The number of anilines is 1. The molecule has 0 amide bonds. The summed E-state index contributed by atoms with van der Waals surface area (Å²) in [6.07, 6.45) is 0.776. The summed E-state index contributed by atoms with van der Waals surface area (Å²) in [5.41, 5.74) is 9.24. The minimum absolute atomic E-state index is 0.00910. The molecule has 0 atom stereocenters. The summed E-state index contributed by atoms with van der Waals surface area (Å²) in [7, 11) is -3.36. The van der Waals surface area contributed by atoms with Gasteiger partial charge in [0, 0.05) is 13.1 Å². The molecule has 0 fully saturated rings. The molecule has 5 heteroatoms. The van der Waals surface area contributed by atoms with Crippen molar-refractivity contribution in [1.82, 2.24) is 0 Å². The van der Waals surface area contributed by atoms with Gasteiger partial charge in [0.05, 0.1) is 11.4 Å². The fraction of sp³-hybridized carbons (Fsp3) is 0.250. The van der Waals surface area contributed by atoms with Gasteiger partial charge in [-0.05, 0) is 29.2 Å². The largest absolute Gasteiger partial charge is 0.326 e. The van der Waals surface area contributed by atoms with Gasteiger partial charge in [-0.3, -0.25) is 4.31 Å². The maximum atomic E-state index is 12.7. The fourth-order valence-corrected chi connectivity index (χ4v) is 4.34. The van der Waals surface area contributed by atoms with E-state index in [0.29, 0.717) is 13.1 Å². The quantitative estimate of drug-likeness (QED) is 0.940. The van der Waals surface area contributed by atoms with Gasteiger partial charge in [0.25, 0.3) is 0 Å². The van der Waals surface area contributed by atoms with Crippen LogP contribution in [0, 0.1) is 0 Å². The third-order valence-corrected chi connectivity index (χ3v) is 5.51. The van der Waals surface area contributed by atoms with E-state index in [-0.39, 0.29) is 5.75 Å². The average molecular weight is 302 g/mol. The first-order valence-electron chi connectivity index (χ1n) is 6.96. The number of hydrogen-bond donors (Lipinski definition) is 1. The first kappa shape index (κ1) is 14.1. The molecule has 3 rings (SSSR count). The fourth-order valence-electron chi connectivity index (χ4n) is 2.73. The molecule has 21 heavy (non-hydrogen) atoms. The second-order valence-corrected chi connectivity index (χ2v) is 7.12. The summed E-state index contributed by atoms with van der Waals surface area (Å²) >= 11 is 0. The zero-order chi connectivity index (χ0) is 14.9. The van der Waals surface area contributed by atoms with E-state index < -0.39 is 10.0 Å². The van der Waals surface area contributed by atoms with E-state index in [1.165, 1.54) is 4.31 Å². The van der Waals surface area contributed by atoms with E-state index in [0.717, 1.165) is 28.8 Å². The number of rotatable bonds is 4. The summed E-state index contributed by atoms with van der Waals surface area (Å²) in [4.78, 5) is 0. The Hall–Kier alpha value is -1.85. The molecule has 2 aromatic rings. The van der Waals surface area contributed by atoms with Crippen LogP contribution in [0.5, 0.6) is 0 Å². The highest BCUT2D eigenvalue weighted by atomic mass is 32.2. The Bertz CT molecular complexity index is 756. The smallest absolute Gasteiger partial charge is 0.239 e. The average Bonchev–Trinajstić information content (AvgIpc) is 2.92. The number of nitrogens with two attached hydrogens (primary N) is 1. The maximum absolute atomic E-state index is 12.7. The molecule has 1 aliphatic heterocycles. The van der Waals surface area contributed by atoms with Crippen LogP contribution >= 0.6 is 0 Å². The van der Waals surface area contributed by atoms with Gasteiger partial charge >= 0.3 is 0 Å². The Morgan fingerprint density at radius 2 is 1.81 bits per heavy atom. The van der Waals surface area contributed by atoms with Gasteiger partial charge in [0.15, 0.2) is 0 Å². The summed E-state index contributed by atoms with van der Waals surface area (Å²) in [6.45, 7) is 0.943. The third-order valence-electron chi connectivity index (χ3n) is 3.76. The first-order valence-corrected chi connectivity index (χ1v) is 8.57. The van der Waals surface area contributed by atoms with Crippen LogP contribution in [0.3, 0.4) is 0 Å². The van der Waals surface area contributed by atoms with E-state index in [9.17, 15) is 8.42 Å². The number of nitrogens with zero attached hydrogens (tertiary/aromatic N) is 1. The molecule has 0 radical (unpaired) electrons. The second-order valence-electron chi connectivity index (χ2n) is 5.23. The number of sulfonamides is 1. The van der Waals surface area contributed by atoms with E-state index in [4.69, 9.17) is 5.73 Å². The molecule has 0 saturated heterocycles. The van der Waals surface area contributed by atoms with Crippen LogP contribution in [0.4, 0.5) is 5.69 Å². The number of hydrogen-bond acceptors (Lipinski definition) is 3. The normalized spacial score (nSPS) is 14.2. The molecule has 0 saturated carbocycles. The molecule has 110 valence electrons. The molecule has 0 spiro atoms. The highest BCUT2D eigenvalue weighted by Crippen LogP contribution is 2.31. The van der Waals surface area contributed by atoms with Crippen molar-refractivity contribution in [2.45, 2.75) is 18.7 Å². The second kappa shape index (κ2) is 5.50. The highest BCUT2D eigenvalue weighted by molar-refractivity contribution is 7.92. The lowest BCUT2D eigenvalue weighted by Crippen LogP contribution is -2.30. The molecule has 1 aliphatic rings. The van der Waals surface area contributed by atoms with Crippen molar-refractivity contribution in [1.29, 1.82) is 0 Å². The first-order chi connectivity index (χ1) is 10.1. The molecule has 0 aliphatic carbocycles. The molecule has 0 bridgehead atoms. The number of benzene rings is 2. The van der Waals surface area contributed by atoms with Crippen molar-refractivity contribution in [2.75, 3.05) is 10.8 Å². The lowest BCUT2D eigenvalue weighted by atomic mass is 10.1. The van der Waals surface area contributed by atoms with Gasteiger partial charge < -0.3 is 5.73 Å². The summed E-state index contributed by atoms with van der Waals surface area (Å²) in [5.74, 6) is 0.00910. The Balaban J connectivity index is 1.88. The van der Waals surface area contributed by atoms with Crippen LogP contribution in [-0.4, -0.2) is 15.0 Å². The van der Waals surface area contributed by atoms with E-state index in [1.807, 2.05) is 48.5 Å². The van der Waals surface area contributed by atoms with E-state index in [1.54, 1.807) is 0 Å². The van der Waals surface area contributed by atoms with Crippen LogP contribution in [0.2, 0.25) is 0 Å². The Kier molecular flexibility index (Phi) is 3.69. The zero-order valence-corrected chi connectivity index (χ0v) is 12.5. The Morgan fingerprint density at radius 3 is 2.62 bits per heavy atom. The number of fused-ring (bicyclic) bond motifs is 1. The van der Waals surface area contributed by atoms with Crippen LogP contribution in [0.25, 0.3) is 0 Å². The summed E-state index contributed by atoms with van der Waals surface area (Å²) in [6, 6.07) is 15.1. The van der Waals surface area contributed by atoms with Crippen LogP contribution < -0.4 is 10.0 Å². The molecule has 4 nitrogen and oxygen atoms in total. The molecule has 0 aromatic heterocycles. The monoisotopic (exact) mass is 302 g/mol. The highest BCUT2D eigenvalue weighted by Gasteiger charge is 2.29. The molecule has 2 aromatic carbocycles. The van der Waals surface area contributed by atoms with Crippen molar-refractivity contribution in [3.63, 3.8) is 0 Å². The van der Waals surface area contributed by atoms with E-state index >= 15 is 0 Å². The minimum Gasteiger partial charge on any atom is -0.326 e. The van der Waals surface area contributed by atoms with Gasteiger partial charge in [0.2, 0.25) is 10.0 Å². The SMILES string of the molecule is NCc1cccc(CS(=O)(=O)N2CCc3ccccc32)c1. The van der Waals surface area contributed by atoms with Gasteiger partial charge in [-0.15, -0.1) is 0 Å². The third kappa shape index (κ3) is 2.80. The van der Waals surface area contributed by atoms with Crippen LogP contribution in [0.1, 0.15) is 16.7 Å². The lowest BCUT2D eigenvalue weighted by Gasteiger charge is -2.19. The van der Waals surface area contributed by atoms with Crippen molar-refractivity contribution >= 4 is 15.7 Å². The minimum atomic E-state index is -3.36. The summed E-state index contributed by atoms with van der Waals surface area (Å²) < 4.78 is 26.8. The predicted molar refractivity (Wildman–Crippen MR) is 84.4 cm³/mol. The Morgan fingerprint density at radius 1 is 1.05 bits per heavy atom. The standard InChI is InChI=1S/C16H18N2O2S/c17-11-13-4-3-5-14(10-13)12-21(19,20)18-9-8-15-6-1-2-7-16(15)18/h1-7,10H,8-9,11-12,17H2. The predicted octanol–water partition coefficient (Wildman–Crippen LogP) is 2.04. The van der Waals surface area contributed by atoms with Crippen LogP contribution in [0.15, 0.2) is 48.5 Å². The molecular formula is C16H18N2O2S. The van der Waals surface area contributed by atoms with Gasteiger partial charge in [0.1, 0.15) is 0 Å². The van der Waals surface area contributed by atoms with Crippen molar-refractivity contribution in [2.24, 2.45) is 5.73 Å². The molecule has 2 N–H and O–H groups in total.